The lowest BCUT2D eigenvalue weighted by Gasteiger charge is -2.07. The Labute approximate surface area is 177 Å². The van der Waals surface area contributed by atoms with E-state index in [0.29, 0.717) is 5.56 Å². The number of nitrogens with one attached hydrogen (secondary N) is 1. The number of thiazole rings is 1. The van der Waals surface area contributed by atoms with E-state index < -0.39 is 0 Å². The minimum Gasteiger partial charge on any atom is -0.322 e. The highest BCUT2D eigenvalue weighted by Gasteiger charge is 2.09. The maximum Gasteiger partial charge on any atom is 0.255 e. The lowest BCUT2D eigenvalue weighted by Crippen LogP contribution is -2.11. The zero-order valence-corrected chi connectivity index (χ0v) is 16.8. The predicted octanol–water partition coefficient (Wildman–Crippen LogP) is 6.28. The number of rotatable bonds is 4. The summed E-state index contributed by atoms with van der Waals surface area (Å²) in [5, 5.41) is 3.87. The molecular weight excluding hydrogens is 390 g/mol. The van der Waals surface area contributed by atoms with Crippen LogP contribution in [0.4, 0.5) is 5.69 Å². The average Bonchev–Trinajstić information content (AvgIpc) is 3.25. The summed E-state index contributed by atoms with van der Waals surface area (Å²) in [4.78, 5) is 22.5. The van der Waals surface area contributed by atoms with Gasteiger partial charge in [0.15, 0.2) is 0 Å². The Morgan fingerprint density at radius 3 is 2.17 bits per heavy atom. The molecule has 5 aromatic rings. The van der Waals surface area contributed by atoms with Gasteiger partial charge in [-0.15, -0.1) is 0 Å². The Morgan fingerprint density at radius 1 is 0.733 bits per heavy atom. The zero-order chi connectivity index (χ0) is 20.3. The van der Waals surface area contributed by atoms with Gasteiger partial charge in [-0.1, -0.05) is 53.8 Å². The third-order valence-corrected chi connectivity index (χ3v) is 5.84. The molecule has 0 aliphatic carbocycles. The first-order valence-electron chi connectivity index (χ1n) is 9.55. The Balaban J connectivity index is 1.30. The number of amides is 1. The minimum absolute atomic E-state index is 0.133. The van der Waals surface area contributed by atoms with Gasteiger partial charge < -0.3 is 5.32 Å². The highest BCUT2D eigenvalue weighted by Crippen LogP contribution is 2.29. The van der Waals surface area contributed by atoms with Crippen molar-refractivity contribution in [1.82, 2.24) is 9.97 Å². The SMILES string of the molecule is O=C(Nc1ccc(-c2nc3cccnc3s2)cc1)c1ccc(-c2ccccc2)cc1. The van der Waals surface area contributed by atoms with Gasteiger partial charge in [0.25, 0.3) is 5.91 Å². The van der Waals surface area contributed by atoms with Crippen molar-refractivity contribution in [1.29, 1.82) is 0 Å². The Morgan fingerprint density at radius 2 is 1.43 bits per heavy atom. The summed E-state index contributed by atoms with van der Waals surface area (Å²) in [5.41, 5.74) is 5.48. The first-order chi connectivity index (χ1) is 14.8. The monoisotopic (exact) mass is 407 g/mol. The van der Waals surface area contributed by atoms with Crippen LogP contribution in [0.3, 0.4) is 0 Å². The summed E-state index contributed by atoms with van der Waals surface area (Å²) >= 11 is 1.56. The van der Waals surface area contributed by atoms with Crippen LogP contribution in [0.2, 0.25) is 0 Å². The van der Waals surface area contributed by atoms with E-state index in [4.69, 9.17) is 0 Å². The van der Waals surface area contributed by atoms with Crippen molar-refractivity contribution in [2.24, 2.45) is 0 Å². The molecule has 0 aliphatic heterocycles. The number of hydrogen-bond acceptors (Lipinski definition) is 4. The topological polar surface area (TPSA) is 54.9 Å². The lowest BCUT2D eigenvalue weighted by molar-refractivity contribution is 0.102. The molecule has 0 saturated heterocycles. The van der Waals surface area contributed by atoms with E-state index in [1.165, 1.54) is 0 Å². The molecule has 30 heavy (non-hydrogen) atoms. The second-order valence-corrected chi connectivity index (χ2v) is 7.80. The molecule has 0 aliphatic rings. The number of carbonyl (C=O) groups excluding carboxylic acids is 1. The molecule has 5 rings (SSSR count). The Kier molecular flexibility index (Phi) is 4.79. The van der Waals surface area contributed by atoms with E-state index in [2.05, 4.69) is 27.4 Å². The molecular formula is C25H17N3OS. The molecule has 1 amide bonds. The fraction of sp³-hybridized carbons (Fsp3) is 0. The quantitative estimate of drug-likeness (QED) is 0.382. The Bertz CT molecular complexity index is 1280. The first-order valence-corrected chi connectivity index (χ1v) is 10.4. The summed E-state index contributed by atoms with van der Waals surface area (Å²) in [6, 6.07) is 29.3. The maximum atomic E-state index is 12.6. The van der Waals surface area contributed by atoms with Gasteiger partial charge in [-0.2, -0.15) is 0 Å². The number of hydrogen-bond donors (Lipinski definition) is 1. The normalized spacial score (nSPS) is 10.8. The van der Waals surface area contributed by atoms with Crippen LogP contribution < -0.4 is 5.32 Å². The van der Waals surface area contributed by atoms with Crippen molar-refractivity contribution in [3.05, 3.63) is 103 Å². The van der Waals surface area contributed by atoms with Gasteiger partial charge in [-0.25, -0.2) is 9.97 Å². The van der Waals surface area contributed by atoms with Gasteiger partial charge in [-0.3, -0.25) is 4.79 Å². The molecule has 0 saturated carbocycles. The van der Waals surface area contributed by atoms with E-state index in [-0.39, 0.29) is 5.91 Å². The van der Waals surface area contributed by atoms with Gasteiger partial charge >= 0.3 is 0 Å². The number of benzene rings is 3. The third kappa shape index (κ3) is 3.71. The molecule has 0 radical (unpaired) electrons. The predicted molar refractivity (Wildman–Crippen MR) is 123 cm³/mol. The van der Waals surface area contributed by atoms with E-state index >= 15 is 0 Å². The zero-order valence-electron chi connectivity index (χ0n) is 15.9. The summed E-state index contributed by atoms with van der Waals surface area (Å²) in [5.74, 6) is -0.133. The van der Waals surface area contributed by atoms with Crippen LogP contribution >= 0.6 is 11.3 Å². The second kappa shape index (κ2) is 7.89. The molecule has 0 atom stereocenters. The van der Waals surface area contributed by atoms with E-state index in [0.717, 1.165) is 37.7 Å². The number of anilines is 1. The summed E-state index contributed by atoms with van der Waals surface area (Å²) < 4.78 is 0. The van der Waals surface area contributed by atoms with Crippen LogP contribution in [-0.2, 0) is 0 Å². The highest BCUT2D eigenvalue weighted by atomic mass is 32.1. The number of fused-ring (bicyclic) bond motifs is 1. The second-order valence-electron chi connectivity index (χ2n) is 6.82. The number of nitrogens with zero attached hydrogens (tertiary/aromatic N) is 2. The largest absolute Gasteiger partial charge is 0.322 e. The van der Waals surface area contributed by atoms with Crippen molar-refractivity contribution < 1.29 is 4.79 Å². The smallest absolute Gasteiger partial charge is 0.255 e. The van der Waals surface area contributed by atoms with Crippen LogP contribution in [0.25, 0.3) is 32.0 Å². The summed E-state index contributed by atoms with van der Waals surface area (Å²) in [6.45, 7) is 0. The summed E-state index contributed by atoms with van der Waals surface area (Å²) in [7, 11) is 0. The van der Waals surface area contributed by atoms with Gasteiger partial charge in [0.2, 0.25) is 0 Å². The van der Waals surface area contributed by atoms with Crippen molar-refractivity contribution in [3.63, 3.8) is 0 Å². The third-order valence-electron chi connectivity index (χ3n) is 4.81. The fourth-order valence-corrected chi connectivity index (χ4v) is 4.15. The molecule has 0 unspecified atom stereocenters. The standard InChI is InChI=1S/C25H17N3OS/c29-23(19-10-8-18(9-11-19)17-5-2-1-3-6-17)27-21-14-12-20(13-15-21)24-28-22-7-4-16-26-25(22)30-24/h1-16H,(H,27,29). The molecule has 0 bridgehead atoms. The first kappa shape index (κ1) is 18.2. The molecule has 0 fully saturated rings. The lowest BCUT2D eigenvalue weighted by atomic mass is 10.0. The van der Waals surface area contributed by atoms with Gasteiger partial charge in [-0.05, 0) is 59.7 Å². The van der Waals surface area contributed by atoms with E-state index in [1.54, 1.807) is 17.5 Å². The van der Waals surface area contributed by atoms with Gasteiger partial charge in [0, 0.05) is 23.0 Å². The fourth-order valence-electron chi connectivity index (χ4n) is 3.24. The van der Waals surface area contributed by atoms with Crippen LogP contribution in [0.15, 0.2) is 97.2 Å². The number of aromatic nitrogens is 2. The molecule has 5 heteroatoms. The molecule has 1 N–H and O–H groups in total. The van der Waals surface area contributed by atoms with Gasteiger partial charge in [0.05, 0.1) is 0 Å². The Hall–Kier alpha value is -3.83. The molecule has 2 aromatic heterocycles. The van der Waals surface area contributed by atoms with E-state index in [9.17, 15) is 4.79 Å². The molecule has 3 aromatic carbocycles. The van der Waals surface area contributed by atoms with Crippen molar-refractivity contribution in [2.75, 3.05) is 5.32 Å². The van der Waals surface area contributed by atoms with Crippen LogP contribution in [0.5, 0.6) is 0 Å². The van der Waals surface area contributed by atoms with Crippen molar-refractivity contribution in [2.45, 2.75) is 0 Å². The molecule has 144 valence electrons. The van der Waals surface area contributed by atoms with Crippen LogP contribution in [-0.4, -0.2) is 15.9 Å². The van der Waals surface area contributed by atoms with E-state index in [1.807, 2.05) is 78.9 Å². The maximum absolute atomic E-state index is 12.6. The molecule has 0 spiro atoms. The number of carbonyl (C=O) groups is 1. The van der Waals surface area contributed by atoms with Crippen LogP contribution in [0, 0.1) is 0 Å². The molecule has 4 nitrogen and oxygen atoms in total. The molecule has 2 heterocycles. The highest BCUT2D eigenvalue weighted by molar-refractivity contribution is 7.21. The van der Waals surface area contributed by atoms with Crippen molar-refractivity contribution >= 4 is 33.3 Å². The van der Waals surface area contributed by atoms with Crippen molar-refractivity contribution in [3.8, 4) is 21.7 Å². The van der Waals surface area contributed by atoms with Gasteiger partial charge in [0.1, 0.15) is 15.4 Å². The average molecular weight is 407 g/mol. The van der Waals surface area contributed by atoms with Crippen LogP contribution in [0.1, 0.15) is 10.4 Å². The number of pyridine rings is 1. The minimum atomic E-state index is -0.133. The summed E-state index contributed by atoms with van der Waals surface area (Å²) in [6.07, 6.45) is 1.77.